The fourth-order valence-corrected chi connectivity index (χ4v) is 13.9. The van der Waals surface area contributed by atoms with Crippen LogP contribution in [0.5, 0.6) is 5.75 Å². The van der Waals surface area contributed by atoms with Gasteiger partial charge >= 0.3 is 0 Å². The molecule has 52 heavy (non-hydrogen) atoms. The molecule has 1 saturated carbocycles. The number of anilines is 1. The Kier molecular flexibility index (Phi) is 9.08. The van der Waals surface area contributed by atoms with Crippen molar-refractivity contribution in [2.24, 2.45) is 23.2 Å². The summed E-state index contributed by atoms with van der Waals surface area (Å²) in [6.07, 6.45) is 9.61. The molecular formula is C39H50ClN3O7S2. The number of aryl methyl sites for hydroxylation is 1. The van der Waals surface area contributed by atoms with Gasteiger partial charge in [-0.2, -0.15) is 0 Å². The molecule has 2 aromatic rings. The van der Waals surface area contributed by atoms with Crippen molar-refractivity contribution < 1.29 is 31.1 Å². The molecule has 0 aromatic heterocycles. The van der Waals surface area contributed by atoms with Crippen molar-refractivity contribution in [3.8, 4) is 5.75 Å². The number of hydrogen-bond acceptors (Lipinski definition) is 9. The van der Waals surface area contributed by atoms with Gasteiger partial charge in [0.05, 0.1) is 29.0 Å². The van der Waals surface area contributed by atoms with E-state index >= 15 is 0 Å². The van der Waals surface area contributed by atoms with Crippen LogP contribution in [0.2, 0.25) is 5.02 Å². The fourth-order valence-electron chi connectivity index (χ4n) is 10.2. The maximum Gasteiger partial charge on any atom is 0.264 e. The number of halogens is 1. The topological polar surface area (TPSA) is 122 Å². The van der Waals surface area contributed by atoms with Gasteiger partial charge in [-0.1, -0.05) is 36.7 Å². The lowest BCUT2D eigenvalue weighted by Gasteiger charge is -2.58. The fraction of sp³-hybridized carbons (Fsp3) is 0.615. The molecule has 3 fully saturated rings. The normalized spacial score (nSPS) is 35.4. The predicted octanol–water partition coefficient (Wildman–Crippen LogP) is 5.00. The van der Waals surface area contributed by atoms with E-state index in [4.69, 9.17) is 21.1 Å². The molecule has 0 unspecified atom stereocenters. The van der Waals surface area contributed by atoms with E-state index in [2.05, 4.69) is 38.8 Å². The molecule has 282 valence electrons. The molecule has 2 aromatic carbocycles. The van der Waals surface area contributed by atoms with Gasteiger partial charge in [0.15, 0.2) is 9.84 Å². The van der Waals surface area contributed by atoms with E-state index < -0.39 is 36.6 Å². The van der Waals surface area contributed by atoms with Crippen molar-refractivity contribution in [2.75, 3.05) is 62.8 Å². The van der Waals surface area contributed by atoms with Gasteiger partial charge in [0.2, 0.25) is 10.0 Å². The summed E-state index contributed by atoms with van der Waals surface area (Å²) in [7, 11) is -5.15. The van der Waals surface area contributed by atoms with Crippen LogP contribution in [-0.4, -0.2) is 96.4 Å². The number of likely N-dealkylation sites (tertiary alicyclic amines) is 1. The number of nitrogens with zero attached hydrogens (tertiary/aromatic N) is 2. The molecule has 1 N–H and O–H groups in total. The second-order valence-electron chi connectivity index (χ2n) is 16.9. The molecule has 10 nitrogen and oxygen atoms in total. The number of rotatable bonds is 3. The summed E-state index contributed by atoms with van der Waals surface area (Å²) in [5.41, 5.74) is 2.47. The first kappa shape index (κ1) is 36.3. The highest BCUT2D eigenvalue weighted by atomic mass is 35.5. The number of allylic oxidation sites excluding steroid dienone is 1. The number of nitrogens with one attached hydrogen (secondary N) is 1. The van der Waals surface area contributed by atoms with Gasteiger partial charge in [-0.15, -0.1) is 0 Å². The van der Waals surface area contributed by atoms with Crippen molar-refractivity contribution >= 4 is 43.1 Å². The van der Waals surface area contributed by atoms with E-state index in [0.717, 1.165) is 55.9 Å². The number of fused-ring (bicyclic) bond motifs is 4. The smallest absolute Gasteiger partial charge is 0.264 e. The number of ether oxygens (including phenoxy) is 2. The molecule has 2 aliphatic carbocycles. The van der Waals surface area contributed by atoms with Crippen LogP contribution in [-0.2, 0) is 36.4 Å². The Morgan fingerprint density at radius 2 is 1.83 bits per heavy atom. The second-order valence-corrected chi connectivity index (χ2v) is 21.4. The van der Waals surface area contributed by atoms with Crippen molar-refractivity contribution in [1.29, 1.82) is 0 Å². The highest BCUT2D eigenvalue weighted by Crippen LogP contribution is 2.51. The highest BCUT2D eigenvalue weighted by molar-refractivity contribution is 7.92. The quantitative estimate of drug-likeness (QED) is 0.430. The highest BCUT2D eigenvalue weighted by Gasteiger charge is 2.58. The van der Waals surface area contributed by atoms with Crippen LogP contribution in [0.1, 0.15) is 67.4 Å². The van der Waals surface area contributed by atoms with Gasteiger partial charge in [-0.05, 0) is 105 Å². The van der Waals surface area contributed by atoms with E-state index in [1.807, 2.05) is 19.1 Å². The maximum atomic E-state index is 13.6. The van der Waals surface area contributed by atoms with Crippen LogP contribution < -0.4 is 14.4 Å². The predicted molar refractivity (Wildman–Crippen MR) is 202 cm³/mol. The summed E-state index contributed by atoms with van der Waals surface area (Å²) >= 11 is 6.48. The molecule has 2 spiro atoms. The minimum atomic E-state index is -3.99. The van der Waals surface area contributed by atoms with Gasteiger partial charge in [0, 0.05) is 61.2 Å². The number of amides is 1. The Labute approximate surface area is 313 Å². The lowest BCUT2D eigenvalue weighted by atomic mass is 9.63. The molecule has 0 radical (unpaired) electrons. The van der Waals surface area contributed by atoms with Gasteiger partial charge in [-0.3, -0.25) is 9.69 Å². The third-order valence-corrected chi connectivity index (χ3v) is 17.5. The van der Waals surface area contributed by atoms with Gasteiger partial charge in [0.1, 0.15) is 11.4 Å². The summed E-state index contributed by atoms with van der Waals surface area (Å²) in [6, 6.07) is 11.5. The molecule has 6 aliphatic rings. The molecule has 6 atom stereocenters. The number of carbonyl (C=O) groups is 1. The zero-order chi connectivity index (χ0) is 36.7. The zero-order valence-electron chi connectivity index (χ0n) is 30.3. The molecule has 8 rings (SSSR count). The third kappa shape index (κ3) is 6.37. The first-order valence-corrected chi connectivity index (χ1v) is 22.4. The molecule has 1 amide bonds. The minimum absolute atomic E-state index is 0.139. The number of carbonyl (C=O) groups excluding carboxylic acids is 1. The number of sulfonamides is 1. The van der Waals surface area contributed by atoms with Crippen LogP contribution in [0.25, 0.3) is 0 Å². The largest absolute Gasteiger partial charge is 0.490 e. The Morgan fingerprint density at radius 1 is 1.04 bits per heavy atom. The summed E-state index contributed by atoms with van der Waals surface area (Å²) in [6.45, 7) is 7.52. The minimum Gasteiger partial charge on any atom is -0.490 e. The first-order valence-electron chi connectivity index (χ1n) is 18.7. The van der Waals surface area contributed by atoms with E-state index in [9.17, 15) is 21.6 Å². The molecule has 13 heteroatoms. The summed E-state index contributed by atoms with van der Waals surface area (Å²) in [5.74, 6) is 0.717. The van der Waals surface area contributed by atoms with Crippen LogP contribution in [0.4, 0.5) is 5.69 Å². The monoisotopic (exact) mass is 771 g/mol. The van der Waals surface area contributed by atoms with Crippen LogP contribution >= 0.6 is 11.6 Å². The Balaban J connectivity index is 1.18. The molecule has 2 bridgehead atoms. The maximum absolute atomic E-state index is 13.6. The van der Waals surface area contributed by atoms with Crippen LogP contribution in [0.15, 0.2) is 48.6 Å². The Hall–Kier alpha value is -2.64. The van der Waals surface area contributed by atoms with E-state index in [0.29, 0.717) is 38.4 Å². The molecule has 4 aliphatic heterocycles. The lowest BCUT2D eigenvalue weighted by molar-refractivity contribution is -0.115. The zero-order valence-corrected chi connectivity index (χ0v) is 32.7. The van der Waals surface area contributed by atoms with Crippen molar-refractivity contribution in [3.63, 3.8) is 0 Å². The van der Waals surface area contributed by atoms with Crippen molar-refractivity contribution in [3.05, 3.63) is 70.3 Å². The molecule has 2 saturated heterocycles. The Bertz CT molecular complexity index is 2000. The van der Waals surface area contributed by atoms with E-state index in [1.54, 1.807) is 26.2 Å². The van der Waals surface area contributed by atoms with Crippen LogP contribution in [0.3, 0.4) is 0 Å². The van der Waals surface area contributed by atoms with Gasteiger partial charge in [0.25, 0.3) is 5.91 Å². The molecule has 4 heterocycles. The average Bonchev–Trinajstić information content (AvgIpc) is 3.20. The van der Waals surface area contributed by atoms with E-state index in [-0.39, 0.29) is 45.7 Å². The summed E-state index contributed by atoms with van der Waals surface area (Å²) in [4.78, 5) is 18.3. The standard InChI is InChI=1S/C39H50ClN3O7S2/c1-26-6-4-15-39(49-3,22-42-19-37(20-42)24-51(45,46)25-37)33-11-8-30(33)18-43-21-38(14-5-7-28-16-31(40)10-12-32(28)38)23-50-35-13-9-29(17-34(35)43)36(44)41-52(47,48)27(26)2/h4,9-10,12-13,15-17,26-27,30,33H,5-8,11,14,18-25H2,1-3H3,(H,41,44)/b15-4+/t26-,27+,30-,33+,38-,39+/m0/s1. The number of sulfone groups is 1. The van der Waals surface area contributed by atoms with Crippen molar-refractivity contribution in [1.82, 2.24) is 9.62 Å². The summed E-state index contributed by atoms with van der Waals surface area (Å²) < 4.78 is 66.9. The van der Waals surface area contributed by atoms with Crippen molar-refractivity contribution in [2.45, 2.75) is 68.6 Å². The number of benzene rings is 2. The molecular weight excluding hydrogens is 722 g/mol. The van der Waals surface area contributed by atoms with E-state index in [1.165, 1.54) is 11.1 Å². The van der Waals surface area contributed by atoms with Crippen LogP contribution in [0, 0.1) is 23.2 Å². The second kappa shape index (κ2) is 13.0. The average molecular weight is 772 g/mol. The first-order chi connectivity index (χ1) is 24.6. The SMILES string of the molecule is CO[C@@]1(CN2CC3(C2)CS(=O)(=O)C3)/C=C/C[C@H](C)[C@@H](C)S(=O)(=O)NC(=O)c2ccc3c(c2)N(C[C@@H]2CC[C@H]21)C[C@@]1(CCCc2cc(Cl)ccc21)CO3. The van der Waals surface area contributed by atoms with Gasteiger partial charge in [-0.25, -0.2) is 21.6 Å². The number of hydrogen-bond donors (Lipinski definition) is 1. The number of methoxy groups -OCH3 is 1. The lowest BCUT2D eigenvalue weighted by Crippen LogP contribution is -2.71. The summed E-state index contributed by atoms with van der Waals surface area (Å²) in [5, 5.41) is -0.0973. The Morgan fingerprint density at radius 3 is 2.54 bits per heavy atom. The third-order valence-electron chi connectivity index (χ3n) is 13.3. The van der Waals surface area contributed by atoms with Gasteiger partial charge < -0.3 is 14.4 Å².